The zero-order valence-electron chi connectivity index (χ0n) is 41.5. The van der Waals surface area contributed by atoms with E-state index in [9.17, 15) is 19.8 Å². The maximum absolute atomic E-state index is 12.7. The minimum absolute atomic E-state index is 0.0141. The average Bonchev–Trinajstić information content (AvgIpc) is 4.21. The number of fused-ring (bicyclic) bond motifs is 2. The van der Waals surface area contributed by atoms with Gasteiger partial charge in [-0.05, 0) is 67.9 Å². The lowest BCUT2D eigenvalue weighted by Gasteiger charge is -2.29. The van der Waals surface area contributed by atoms with Crippen molar-refractivity contribution in [1.82, 2.24) is 16.0 Å². The van der Waals surface area contributed by atoms with Gasteiger partial charge in [-0.3, -0.25) is 0 Å². The molecule has 0 aromatic heterocycles. The molecular weight excluding hydrogens is 901 g/mol. The Morgan fingerprint density at radius 2 is 1.17 bits per heavy atom. The molecule has 7 rings (SSSR count). The van der Waals surface area contributed by atoms with Crippen molar-refractivity contribution in [1.29, 1.82) is 10.5 Å². The molecule has 0 spiro atoms. The van der Waals surface area contributed by atoms with Gasteiger partial charge in [-0.2, -0.15) is 10.5 Å². The normalized spacial score (nSPS) is 24.5. The quantitative estimate of drug-likeness (QED) is 0.0825. The second-order valence-electron chi connectivity index (χ2n) is 20.1. The van der Waals surface area contributed by atoms with Gasteiger partial charge in [0.2, 0.25) is 0 Å². The highest BCUT2D eigenvalue weighted by atomic mass is 16.7. The van der Waals surface area contributed by atoms with Crippen LogP contribution in [0.5, 0.6) is 0 Å². The third-order valence-electron chi connectivity index (χ3n) is 13.3. The van der Waals surface area contributed by atoms with E-state index in [-0.39, 0.29) is 60.3 Å². The van der Waals surface area contributed by atoms with Crippen LogP contribution in [-0.4, -0.2) is 137 Å². The second-order valence-corrected chi connectivity index (χ2v) is 20.1. The van der Waals surface area contributed by atoms with Crippen LogP contribution in [0.4, 0.5) is 9.59 Å². The third-order valence-corrected chi connectivity index (χ3v) is 13.3. The summed E-state index contributed by atoms with van der Waals surface area (Å²) in [6.45, 7) is 13.0. The number of amides is 2. The van der Waals surface area contributed by atoms with Gasteiger partial charge in [0, 0.05) is 37.9 Å². The van der Waals surface area contributed by atoms with Crippen LogP contribution in [0.3, 0.4) is 0 Å². The van der Waals surface area contributed by atoms with Gasteiger partial charge < -0.3 is 69.8 Å². The zero-order chi connectivity index (χ0) is 50.4. The fourth-order valence-corrected chi connectivity index (χ4v) is 9.19. The van der Waals surface area contributed by atoms with E-state index in [1.54, 1.807) is 0 Å². The Morgan fingerprint density at radius 3 is 1.64 bits per heavy atom. The molecule has 7 N–H and O–H groups in total. The largest absolute Gasteiger partial charge is 0.443 e. The first-order valence-electron chi connectivity index (χ1n) is 24.9. The Bertz CT molecular complexity index is 1910. The summed E-state index contributed by atoms with van der Waals surface area (Å²) in [6.07, 6.45) is 3.42. The van der Waals surface area contributed by atoms with E-state index in [1.807, 2.05) is 60.7 Å². The Kier molecular flexibility index (Phi) is 23.5. The van der Waals surface area contributed by atoms with Crippen LogP contribution in [0, 0.1) is 45.3 Å². The summed E-state index contributed by atoms with van der Waals surface area (Å²) in [5.74, 6) is 0.154. The zero-order valence-corrected chi connectivity index (χ0v) is 41.5. The maximum Gasteiger partial charge on any atom is 0.407 e. The summed E-state index contributed by atoms with van der Waals surface area (Å²) < 4.78 is 43.9. The van der Waals surface area contributed by atoms with Gasteiger partial charge in [0.1, 0.15) is 12.2 Å². The maximum atomic E-state index is 12.7. The minimum atomic E-state index is -0.847. The molecule has 5 heterocycles. The molecule has 10 atom stereocenters. The summed E-state index contributed by atoms with van der Waals surface area (Å²) in [7, 11) is 0. The highest BCUT2D eigenvalue weighted by Crippen LogP contribution is 2.35. The number of alkyl carbamates (subject to hydrolysis) is 2. The van der Waals surface area contributed by atoms with Crippen LogP contribution in [0.15, 0.2) is 60.7 Å². The van der Waals surface area contributed by atoms with E-state index in [0.29, 0.717) is 78.4 Å². The Labute approximate surface area is 414 Å². The highest BCUT2D eigenvalue weighted by Gasteiger charge is 2.45. The summed E-state index contributed by atoms with van der Waals surface area (Å²) in [5.41, 5.74) is 7.63. The standard InChI is InChI=1S/C25H37N3O5.C17H24N2O5.C10H17NO2/c1-25(2,11-6-7-12-26)17-27-15-21(29)20(14-18-8-4-3-5-9-18)28-24(30)33-22-16-32-23-19(22)10-13-31-23;18-9-14(20)13(8-11-4-2-1-3-5-11)19-17(21)24-15-10-23-16-12(15)6-7-22-16;1-10(2,5-3-4-6-11)9-12-7-8-13-9/h3-5,8-9,19-23,27,29H,6-7,10-11,13-17H2,1-2H3,(H,28,30);1-5,12-16,20H,6-10,18H2,(H,19,21);9H,3-5,7-8H2,1-2H3/t19-,20+,21-,22-,23+;12-,13+,14-,15-,16+;/m11./s1. The number of hydrogen-bond acceptors (Lipinski definition) is 16. The number of carbonyl (C=O) groups is 2. The van der Waals surface area contributed by atoms with Crippen LogP contribution in [0.2, 0.25) is 0 Å². The van der Waals surface area contributed by atoms with E-state index < -0.39 is 36.5 Å². The summed E-state index contributed by atoms with van der Waals surface area (Å²) in [4.78, 5) is 24.9. The van der Waals surface area contributed by atoms with Crippen molar-refractivity contribution in [2.24, 2.45) is 28.4 Å². The van der Waals surface area contributed by atoms with Crippen molar-refractivity contribution < 1.29 is 57.7 Å². The Hall–Kier alpha value is -4.44. The predicted molar refractivity (Wildman–Crippen MR) is 258 cm³/mol. The number of rotatable bonds is 22. The molecule has 0 bridgehead atoms. The summed E-state index contributed by atoms with van der Waals surface area (Å²) >= 11 is 0. The molecule has 388 valence electrons. The lowest BCUT2D eigenvalue weighted by Crippen LogP contribution is -2.50. The molecule has 2 aromatic carbocycles. The molecule has 5 fully saturated rings. The molecule has 2 amide bonds. The lowest BCUT2D eigenvalue weighted by atomic mass is 9.86. The first kappa shape index (κ1) is 56.5. The van der Waals surface area contributed by atoms with E-state index in [0.717, 1.165) is 49.7 Å². The van der Waals surface area contributed by atoms with Gasteiger partial charge in [0.05, 0.1) is 87.9 Å². The number of nitriles is 2. The summed E-state index contributed by atoms with van der Waals surface area (Å²) in [5, 5.41) is 47.1. The van der Waals surface area contributed by atoms with Crippen molar-refractivity contribution in [2.75, 3.05) is 59.3 Å². The molecule has 0 unspecified atom stereocenters. The van der Waals surface area contributed by atoms with Crippen LogP contribution in [0.1, 0.15) is 90.2 Å². The molecule has 5 aliphatic rings. The highest BCUT2D eigenvalue weighted by molar-refractivity contribution is 5.68. The molecule has 18 nitrogen and oxygen atoms in total. The van der Waals surface area contributed by atoms with Crippen molar-refractivity contribution in [3.63, 3.8) is 0 Å². The number of aliphatic hydroxyl groups is 2. The second kappa shape index (κ2) is 29.2. The Balaban J connectivity index is 0.000000215. The molecule has 18 heteroatoms. The van der Waals surface area contributed by atoms with Gasteiger partial charge in [-0.15, -0.1) is 0 Å². The Morgan fingerprint density at radius 1 is 0.700 bits per heavy atom. The van der Waals surface area contributed by atoms with E-state index in [4.69, 9.17) is 54.2 Å². The molecule has 2 aromatic rings. The molecule has 70 heavy (non-hydrogen) atoms. The average molecular weight is 979 g/mol. The van der Waals surface area contributed by atoms with Crippen LogP contribution in [-0.2, 0) is 50.7 Å². The monoisotopic (exact) mass is 979 g/mol. The van der Waals surface area contributed by atoms with Crippen LogP contribution >= 0.6 is 0 Å². The number of ether oxygens (including phenoxy) is 8. The number of nitrogens with zero attached hydrogens (tertiary/aromatic N) is 2. The molecule has 0 aliphatic carbocycles. The number of nitrogens with one attached hydrogen (secondary N) is 3. The molecule has 0 radical (unpaired) electrons. The minimum Gasteiger partial charge on any atom is -0.443 e. The van der Waals surface area contributed by atoms with E-state index in [1.165, 1.54) is 0 Å². The number of aliphatic hydroxyl groups excluding tert-OH is 2. The van der Waals surface area contributed by atoms with Gasteiger partial charge in [0.25, 0.3) is 0 Å². The molecular formula is C52H78N6O12. The topological polar surface area (TPSA) is 258 Å². The number of benzene rings is 2. The van der Waals surface area contributed by atoms with Crippen molar-refractivity contribution >= 4 is 12.2 Å². The molecule has 0 saturated carbocycles. The first-order chi connectivity index (χ1) is 33.7. The van der Waals surface area contributed by atoms with Crippen LogP contribution in [0.25, 0.3) is 0 Å². The lowest BCUT2D eigenvalue weighted by molar-refractivity contribution is -0.122. The first-order valence-corrected chi connectivity index (χ1v) is 24.9. The van der Waals surface area contributed by atoms with Gasteiger partial charge in [-0.25, -0.2) is 9.59 Å². The predicted octanol–water partition coefficient (Wildman–Crippen LogP) is 5.24. The van der Waals surface area contributed by atoms with Gasteiger partial charge in [-0.1, -0.05) is 88.4 Å². The van der Waals surface area contributed by atoms with E-state index >= 15 is 0 Å². The van der Waals surface area contributed by atoms with Crippen LogP contribution < -0.4 is 21.7 Å². The fraction of sp³-hybridized carbons (Fsp3) is 0.692. The number of unbranched alkanes of at least 4 members (excludes halogenated alkanes) is 2. The SMILES string of the molecule is CC(C)(CCCC#N)C1OCCO1.CC(C)(CCCC#N)CNC[C@@H](O)[C@H](Cc1ccccc1)NC(=O)O[C@@H]1CO[C@@H]2OCC[C@@H]21.NC[C@@H](O)[C@H](Cc1ccccc1)NC(=O)O[C@@H]1CO[C@@H]2OCC[C@@H]21. The summed E-state index contributed by atoms with van der Waals surface area (Å²) in [6, 6.07) is 22.7. The number of carbonyl (C=O) groups excluding carboxylic acids is 2. The van der Waals surface area contributed by atoms with Gasteiger partial charge >= 0.3 is 12.2 Å². The van der Waals surface area contributed by atoms with E-state index in [2.05, 4.69) is 55.8 Å². The van der Waals surface area contributed by atoms with Gasteiger partial charge in [0.15, 0.2) is 18.9 Å². The fourth-order valence-electron chi connectivity index (χ4n) is 9.19. The smallest absolute Gasteiger partial charge is 0.407 e. The number of nitrogens with two attached hydrogens (primary N) is 1. The third kappa shape index (κ3) is 18.6. The van der Waals surface area contributed by atoms with Crippen molar-refractivity contribution in [3.8, 4) is 12.1 Å². The van der Waals surface area contributed by atoms with Crippen molar-refractivity contribution in [2.45, 2.75) is 147 Å². The number of hydrogen-bond donors (Lipinski definition) is 6. The molecule has 5 aliphatic heterocycles. The molecule has 5 saturated heterocycles. The van der Waals surface area contributed by atoms with Crippen molar-refractivity contribution in [3.05, 3.63) is 71.8 Å².